The van der Waals surface area contributed by atoms with Crippen molar-refractivity contribution in [1.82, 2.24) is 9.80 Å². The molecule has 2 aromatic rings. The molecule has 37 heavy (non-hydrogen) atoms. The van der Waals surface area contributed by atoms with Crippen LogP contribution in [0.4, 0.5) is 10.1 Å². The fraction of sp³-hybridized carbons (Fsp3) is 0.444. The van der Waals surface area contributed by atoms with E-state index in [2.05, 4.69) is 41.8 Å². The summed E-state index contributed by atoms with van der Waals surface area (Å²) in [6, 6.07) is 11.2. The number of piperazine rings is 1. The third-order valence-electron chi connectivity index (χ3n) is 7.07. The standard InChI is InChI=1S/C25H31ClFN3O.C2H2O4/c1-18-5-3-8-24(19(18)2)29-13-15-30(16-14-29)25(31)20-9-11-28(12-10-20)17-21-22(26)6-4-7-23(21)27;3-1(4)2(5)6/h3-8,20H,9-17H2,1-2H3;(H,3,4)(H,5,6). The predicted octanol–water partition coefficient (Wildman–Crippen LogP) is 3.81. The first kappa shape index (κ1) is 28.4. The molecule has 2 saturated heterocycles. The number of rotatable bonds is 4. The van der Waals surface area contributed by atoms with Crippen LogP contribution in [0.3, 0.4) is 0 Å². The van der Waals surface area contributed by atoms with Gasteiger partial charge in [0.2, 0.25) is 5.91 Å². The third-order valence-corrected chi connectivity index (χ3v) is 7.43. The van der Waals surface area contributed by atoms with Crippen LogP contribution in [-0.2, 0) is 20.9 Å². The average Bonchev–Trinajstić information content (AvgIpc) is 2.88. The number of amides is 1. The first-order chi connectivity index (χ1) is 17.6. The molecule has 2 aliphatic heterocycles. The molecular formula is C27H33ClFN3O5. The van der Waals surface area contributed by atoms with E-state index < -0.39 is 11.9 Å². The number of carboxylic acids is 2. The molecule has 2 heterocycles. The Bertz CT molecular complexity index is 1100. The van der Waals surface area contributed by atoms with Crippen molar-refractivity contribution >= 4 is 35.1 Å². The largest absolute Gasteiger partial charge is 0.473 e. The zero-order chi connectivity index (χ0) is 27.1. The van der Waals surface area contributed by atoms with Crippen LogP contribution in [0.2, 0.25) is 5.02 Å². The Hall–Kier alpha value is -3.17. The molecule has 1 amide bonds. The second kappa shape index (κ2) is 12.9. The maximum atomic E-state index is 14.1. The molecule has 0 saturated carbocycles. The van der Waals surface area contributed by atoms with Crippen LogP contribution >= 0.6 is 11.6 Å². The number of halogens is 2. The van der Waals surface area contributed by atoms with Crippen LogP contribution in [0.25, 0.3) is 0 Å². The van der Waals surface area contributed by atoms with Crippen molar-refractivity contribution < 1.29 is 29.0 Å². The molecule has 0 aromatic heterocycles. The lowest BCUT2D eigenvalue weighted by Crippen LogP contribution is -2.51. The van der Waals surface area contributed by atoms with E-state index in [0.717, 1.165) is 52.1 Å². The van der Waals surface area contributed by atoms with Gasteiger partial charge >= 0.3 is 11.9 Å². The molecule has 0 aliphatic carbocycles. The van der Waals surface area contributed by atoms with Crippen LogP contribution in [-0.4, -0.2) is 77.1 Å². The highest BCUT2D eigenvalue weighted by atomic mass is 35.5. The van der Waals surface area contributed by atoms with Gasteiger partial charge in [-0.2, -0.15) is 0 Å². The van der Waals surface area contributed by atoms with Gasteiger partial charge in [-0.1, -0.05) is 29.8 Å². The molecule has 2 aliphatic rings. The Morgan fingerprint density at radius 2 is 1.51 bits per heavy atom. The normalized spacial score (nSPS) is 16.6. The van der Waals surface area contributed by atoms with Crippen molar-refractivity contribution in [2.24, 2.45) is 5.92 Å². The maximum absolute atomic E-state index is 14.1. The number of aryl methyl sites for hydroxylation is 1. The Morgan fingerprint density at radius 1 is 0.919 bits per heavy atom. The highest BCUT2D eigenvalue weighted by molar-refractivity contribution is 6.31. The molecule has 10 heteroatoms. The number of carbonyl (C=O) groups is 3. The van der Waals surface area contributed by atoms with E-state index in [1.165, 1.54) is 22.9 Å². The SMILES string of the molecule is Cc1cccc(N2CCN(C(=O)C3CCN(Cc4c(F)cccc4Cl)CC3)CC2)c1C.O=C(O)C(=O)O. The summed E-state index contributed by atoms with van der Waals surface area (Å²) in [4.78, 5) is 37.9. The summed E-state index contributed by atoms with van der Waals surface area (Å²) in [5, 5.41) is 15.3. The van der Waals surface area contributed by atoms with Gasteiger partial charge in [-0.15, -0.1) is 0 Å². The van der Waals surface area contributed by atoms with Crippen LogP contribution in [0.15, 0.2) is 36.4 Å². The molecule has 2 N–H and O–H groups in total. The van der Waals surface area contributed by atoms with Crippen molar-refractivity contribution in [1.29, 1.82) is 0 Å². The monoisotopic (exact) mass is 533 g/mol. The van der Waals surface area contributed by atoms with Crippen molar-refractivity contribution in [3.8, 4) is 0 Å². The Morgan fingerprint density at radius 3 is 2.08 bits per heavy atom. The van der Waals surface area contributed by atoms with E-state index in [1.807, 2.05) is 4.90 Å². The Labute approximate surface area is 221 Å². The number of carbonyl (C=O) groups excluding carboxylic acids is 1. The summed E-state index contributed by atoms with van der Waals surface area (Å²) in [5.41, 5.74) is 4.47. The molecule has 2 aromatic carbocycles. The van der Waals surface area contributed by atoms with Gasteiger partial charge in [0, 0.05) is 54.9 Å². The Balaban J connectivity index is 0.000000568. The fourth-order valence-corrected chi connectivity index (χ4v) is 4.97. The van der Waals surface area contributed by atoms with Gasteiger partial charge in [0.05, 0.1) is 0 Å². The van der Waals surface area contributed by atoms with Crippen molar-refractivity contribution in [2.75, 3.05) is 44.2 Å². The fourth-order valence-electron chi connectivity index (χ4n) is 4.75. The average molecular weight is 534 g/mol. The van der Waals surface area contributed by atoms with Crippen molar-refractivity contribution in [2.45, 2.75) is 33.2 Å². The maximum Gasteiger partial charge on any atom is 0.414 e. The van der Waals surface area contributed by atoms with Gasteiger partial charge in [0.15, 0.2) is 0 Å². The summed E-state index contributed by atoms with van der Waals surface area (Å²) >= 11 is 6.17. The Kier molecular flexibility index (Phi) is 9.88. The molecule has 4 rings (SSSR count). The number of anilines is 1. The summed E-state index contributed by atoms with van der Waals surface area (Å²) in [7, 11) is 0. The molecule has 0 spiro atoms. The van der Waals surface area contributed by atoms with E-state index >= 15 is 0 Å². The number of hydrogen-bond acceptors (Lipinski definition) is 5. The van der Waals surface area contributed by atoms with Crippen LogP contribution in [0, 0.1) is 25.6 Å². The lowest BCUT2D eigenvalue weighted by atomic mass is 9.94. The smallest absolute Gasteiger partial charge is 0.414 e. The molecule has 2 fully saturated rings. The topological polar surface area (TPSA) is 101 Å². The van der Waals surface area contributed by atoms with E-state index in [0.29, 0.717) is 17.1 Å². The van der Waals surface area contributed by atoms with Gasteiger partial charge in [-0.05, 0) is 69.1 Å². The minimum absolute atomic E-state index is 0.0691. The molecule has 0 radical (unpaired) electrons. The summed E-state index contributed by atoms with van der Waals surface area (Å²) in [6.07, 6.45) is 1.64. The minimum Gasteiger partial charge on any atom is -0.473 e. The van der Waals surface area contributed by atoms with Gasteiger partial charge < -0.3 is 20.0 Å². The highest BCUT2D eigenvalue weighted by Gasteiger charge is 2.31. The third kappa shape index (κ3) is 7.42. The number of piperidine rings is 1. The van der Waals surface area contributed by atoms with Gasteiger partial charge in [0.25, 0.3) is 0 Å². The zero-order valence-corrected chi connectivity index (χ0v) is 21.9. The van der Waals surface area contributed by atoms with Gasteiger partial charge in [-0.25, -0.2) is 14.0 Å². The first-order valence-electron chi connectivity index (χ1n) is 12.3. The number of hydrogen-bond donors (Lipinski definition) is 2. The molecule has 0 bridgehead atoms. The number of nitrogens with zero attached hydrogens (tertiary/aromatic N) is 3. The van der Waals surface area contributed by atoms with Crippen LogP contribution in [0.1, 0.15) is 29.5 Å². The number of likely N-dealkylation sites (tertiary alicyclic amines) is 1. The van der Waals surface area contributed by atoms with E-state index in [9.17, 15) is 9.18 Å². The van der Waals surface area contributed by atoms with Crippen molar-refractivity contribution in [3.63, 3.8) is 0 Å². The molecule has 200 valence electrons. The summed E-state index contributed by atoms with van der Waals surface area (Å²) in [5.74, 6) is -3.55. The summed E-state index contributed by atoms with van der Waals surface area (Å²) in [6.45, 7) is 9.71. The van der Waals surface area contributed by atoms with Gasteiger partial charge in [0.1, 0.15) is 5.82 Å². The molecule has 8 nitrogen and oxygen atoms in total. The van der Waals surface area contributed by atoms with Crippen LogP contribution in [0.5, 0.6) is 0 Å². The van der Waals surface area contributed by atoms with Gasteiger partial charge in [-0.3, -0.25) is 9.69 Å². The van der Waals surface area contributed by atoms with E-state index in [-0.39, 0.29) is 17.6 Å². The summed E-state index contributed by atoms with van der Waals surface area (Å²) < 4.78 is 14.1. The van der Waals surface area contributed by atoms with Crippen molar-refractivity contribution in [3.05, 3.63) is 63.9 Å². The highest BCUT2D eigenvalue weighted by Crippen LogP contribution is 2.27. The lowest BCUT2D eigenvalue weighted by Gasteiger charge is -2.40. The number of benzene rings is 2. The molecule has 0 unspecified atom stereocenters. The zero-order valence-electron chi connectivity index (χ0n) is 21.1. The van der Waals surface area contributed by atoms with E-state index in [4.69, 9.17) is 31.4 Å². The second-order valence-corrected chi connectivity index (χ2v) is 9.80. The predicted molar refractivity (Wildman–Crippen MR) is 139 cm³/mol. The van der Waals surface area contributed by atoms with E-state index in [1.54, 1.807) is 12.1 Å². The quantitative estimate of drug-likeness (QED) is 0.576. The second-order valence-electron chi connectivity index (χ2n) is 9.39. The lowest BCUT2D eigenvalue weighted by molar-refractivity contribution is -0.159. The minimum atomic E-state index is -1.82. The number of carboxylic acid groups (broad SMARTS) is 2. The van der Waals surface area contributed by atoms with Crippen LogP contribution < -0.4 is 4.90 Å². The molecule has 0 atom stereocenters. The molecular weight excluding hydrogens is 501 g/mol. The number of aliphatic carboxylic acids is 2. The first-order valence-corrected chi connectivity index (χ1v) is 12.7.